The third-order valence-corrected chi connectivity index (χ3v) is 2.76. The van der Waals surface area contributed by atoms with Gasteiger partial charge in [-0.25, -0.2) is 0 Å². The van der Waals surface area contributed by atoms with Crippen LogP contribution in [0, 0.1) is 0 Å². The lowest BCUT2D eigenvalue weighted by atomic mass is 10.0. The summed E-state index contributed by atoms with van der Waals surface area (Å²) in [6, 6.07) is 0. The minimum absolute atomic E-state index is 0.133. The van der Waals surface area contributed by atoms with Crippen molar-refractivity contribution in [2.75, 3.05) is 19.7 Å². The maximum atomic E-state index is 11.7. The molecule has 2 aliphatic heterocycles. The van der Waals surface area contributed by atoms with E-state index >= 15 is 0 Å². The molecule has 1 atom stereocenters. The minimum Gasteiger partial charge on any atom is -0.368 e. The van der Waals surface area contributed by atoms with E-state index in [1.807, 2.05) is 4.90 Å². The Kier molecular flexibility index (Phi) is 2.36. The SMILES string of the molecule is C=C1CCN(C(=O)C2CCO2)CC1. The minimum atomic E-state index is -0.133. The number of hydrogen-bond acceptors (Lipinski definition) is 2. The molecule has 3 nitrogen and oxygen atoms in total. The number of carbonyl (C=O) groups is 1. The van der Waals surface area contributed by atoms with Crippen molar-refractivity contribution in [3.05, 3.63) is 12.2 Å². The second kappa shape index (κ2) is 3.50. The van der Waals surface area contributed by atoms with Crippen LogP contribution < -0.4 is 0 Å². The lowest BCUT2D eigenvalue weighted by molar-refractivity contribution is -0.156. The highest BCUT2D eigenvalue weighted by atomic mass is 16.5. The number of hydrogen-bond donors (Lipinski definition) is 0. The van der Waals surface area contributed by atoms with Gasteiger partial charge >= 0.3 is 0 Å². The molecular formula is C10H15NO2. The molecule has 13 heavy (non-hydrogen) atoms. The molecule has 1 unspecified atom stereocenters. The summed E-state index contributed by atoms with van der Waals surface area (Å²) in [7, 11) is 0. The first-order valence-corrected chi connectivity index (χ1v) is 4.84. The van der Waals surface area contributed by atoms with Gasteiger partial charge in [0.05, 0.1) is 6.61 Å². The van der Waals surface area contributed by atoms with E-state index in [0.29, 0.717) is 0 Å². The van der Waals surface area contributed by atoms with Gasteiger partial charge in [0.1, 0.15) is 6.10 Å². The standard InChI is InChI=1S/C10H15NO2/c1-8-2-5-11(6-3-8)10(12)9-4-7-13-9/h9H,1-7H2. The zero-order valence-electron chi connectivity index (χ0n) is 7.79. The van der Waals surface area contributed by atoms with Crippen LogP contribution in [0.5, 0.6) is 0 Å². The highest BCUT2D eigenvalue weighted by Gasteiger charge is 2.31. The molecule has 72 valence electrons. The molecule has 3 heteroatoms. The van der Waals surface area contributed by atoms with Gasteiger partial charge in [0.15, 0.2) is 0 Å². The van der Waals surface area contributed by atoms with Crippen LogP contribution in [0.25, 0.3) is 0 Å². The Labute approximate surface area is 78.4 Å². The summed E-state index contributed by atoms with van der Waals surface area (Å²) in [6.07, 6.45) is 2.68. The van der Waals surface area contributed by atoms with Crippen molar-refractivity contribution in [3.63, 3.8) is 0 Å². The van der Waals surface area contributed by atoms with Gasteiger partial charge in [0.2, 0.25) is 0 Å². The quantitative estimate of drug-likeness (QED) is 0.564. The average molecular weight is 181 g/mol. The Morgan fingerprint density at radius 1 is 1.46 bits per heavy atom. The molecule has 2 saturated heterocycles. The molecule has 2 rings (SSSR count). The lowest BCUT2D eigenvalue weighted by Gasteiger charge is -2.34. The second-order valence-electron chi connectivity index (χ2n) is 3.72. The van der Waals surface area contributed by atoms with Gasteiger partial charge in [0.25, 0.3) is 5.91 Å². The van der Waals surface area contributed by atoms with Crippen molar-refractivity contribution < 1.29 is 9.53 Å². The molecule has 0 aromatic carbocycles. The van der Waals surface area contributed by atoms with E-state index in [1.54, 1.807) is 0 Å². The number of rotatable bonds is 1. The normalized spacial score (nSPS) is 28.5. The number of amides is 1. The first-order chi connectivity index (χ1) is 6.27. The molecule has 2 heterocycles. The Hall–Kier alpha value is -0.830. The molecule has 1 amide bonds. The fourth-order valence-corrected chi connectivity index (χ4v) is 1.68. The van der Waals surface area contributed by atoms with Crippen LogP contribution in [0.4, 0.5) is 0 Å². The summed E-state index contributed by atoms with van der Waals surface area (Å²) in [4.78, 5) is 13.6. The van der Waals surface area contributed by atoms with Gasteiger partial charge in [-0.2, -0.15) is 0 Å². The highest BCUT2D eigenvalue weighted by Crippen LogP contribution is 2.19. The summed E-state index contributed by atoms with van der Waals surface area (Å²) in [5.74, 6) is 0.179. The lowest BCUT2D eigenvalue weighted by Crippen LogP contribution is -2.47. The number of nitrogens with zero attached hydrogens (tertiary/aromatic N) is 1. The maximum absolute atomic E-state index is 11.7. The molecule has 0 bridgehead atoms. The van der Waals surface area contributed by atoms with Crippen LogP contribution in [-0.4, -0.2) is 36.6 Å². The molecule has 0 saturated carbocycles. The van der Waals surface area contributed by atoms with Gasteiger partial charge in [-0.15, -0.1) is 0 Å². The number of ether oxygens (including phenoxy) is 1. The van der Waals surface area contributed by atoms with Crippen molar-refractivity contribution in [3.8, 4) is 0 Å². The Morgan fingerprint density at radius 3 is 2.54 bits per heavy atom. The Morgan fingerprint density at radius 2 is 2.08 bits per heavy atom. The van der Waals surface area contributed by atoms with E-state index in [1.165, 1.54) is 5.57 Å². The largest absolute Gasteiger partial charge is 0.368 e. The second-order valence-corrected chi connectivity index (χ2v) is 3.72. The molecule has 0 aromatic rings. The molecular weight excluding hydrogens is 166 g/mol. The molecule has 0 N–H and O–H groups in total. The van der Waals surface area contributed by atoms with Crippen LogP contribution in [0.15, 0.2) is 12.2 Å². The average Bonchev–Trinajstić information content (AvgIpc) is 2.02. The third kappa shape index (κ3) is 1.75. The Balaban J connectivity index is 1.86. The van der Waals surface area contributed by atoms with Crippen molar-refractivity contribution in [2.45, 2.75) is 25.4 Å². The summed E-state index contributed by atoms with van der Waals surface area (Å²) in [6.45, 7) is 6.33. The van der Waals surface area contributed by atoms with Crippen molar-refractivity contribution in [2.24, 2.45) is 0 Å². The number of likely N-dealkylation sites (tertiary alicyclic amines) is 1. The fraction of sp³-hybridized carbons (Fsp3) is 0.700. The smallest absolute Gasteiger partial charge is 0.251 e. The molecule has 2 aliphatic rings. The van der Waals surface area contributed by atoms with Crippen molar-refractivity contribution in [1.82, 2.24) is 4.90 Å². The molecule has 2 fully saturated rings. The van der Waals surface area contributed by atoms with Gasteiger partial charge in [-0.1, -0.05) is 12.2 Å². The van der Waals surface area contributed by atoms with Gasteiger partial charge < -0.3 is 9.64 Å². The predicted molar refractivity (Wildman–Crippen MR) is 49.3 cm³/mol. The van der Waals surface area contributed by atoms with Gasteiger partial charge in [-0.3, -0.25) is 4.79 Å². The van der Waals surface area contributed by atoms with Crippen molar-refractivity contribution >= 4 is 5.91 Å². The van der Waals surface area contributed by atoms with Crippen LogP contribution in [0.3, 0.4) is 0 Å². The first kappa shape index (κ1) is 8.75. The zero-order valence-corrected chi connectivity index (χ0v) is 7.79. The first-order valence-electron chi connectivity index (χ1n) is 4.84. The number of carbonyl (C=O) groups excluding carboxylic acids is 1. The summed E-state index contributed by atoms with van der Waals surface area (Å²) < 4.78 is 5.16. The van der Waals surface area contributed by atoms with Crippen LogP contribution in [0.1, 0.15) is 19.3 Å². The van der Waals surface area contributed by atoms with Gasteiger partial charge in [-0.05, 0) is 12.8 Å². The topological polar surface area (TPSA) is 29.5 Å². The summed E-state index contributed by atoms with van der Waals surface area (Å²) in [5, 5.41) is 0. The summed E-state index contributed by atoms with van der Waals surface area (Å²) >= 11 is 0. The molecule has 0 spiro atoms. The zero-order chi connectivity index (χ0) is 9.26. The number of piperidine rings is 1. The van der Waals surface area contributed by atoms with Crippen LogP contribution >= 0.6 is 0 Å². The van der Waals surface area contributed by atoms with Crippen LogP contribution in [-0.2, 0) is 9.53 Å². The molecule has 0 radical (unpaired) electrons. The van der Waals surface area contributed by atoms with E-state index in [-0.39, 0.29) is 12.0 Å². The van der Waals surface area contributed by atoms with Gasteiger partial charge in [0, 0.05) is 19.5 Å². The fourth-order valence-electron chi connectivity index (χ4n) is 1.68. The third-order valence-electron chi connectivity index (χ3n) is 2.76. The van der Waals surface area contributed by atoms with E-state index in [4.69, 9.17) is 4.74 Å². The Bertz CT molecular complexity index is 223. The van der Waals surface area contributed by atoms with E-state index < -0.39 is 0 Å². The van der Waals surface area contributed by atoms with Crippen LogP contribution in [0.2, 0.25) is 0 Å². The molecule has 0 aliphatic carbocycles. The predicted octanol–water partition coefficient (Wildman–Crippen LogP) is 0.954. The summed E-state index contributed by atoms with van der Waals surface area (Å²) in [5.41, 5.74) is 1.26. The highest BCUT2D eigenvalue weighted by molar-refractivity contribution is 5.81. The molecule has 0 aromatic heterocycles. The van der Waals surface area contributed by atoms with E-state index in [9.17, 15) is 4.79 Å². The van der Waals surface area contributed by atoms with Crippen molar-refractivity contribution in [1.29, 1.82) is 0 Å². The monoisotopic (exact) mass is 181 g/mol. The van der Waals surface area contributed by atoms with E-state index in [0.717, 1.165) is 39.0 Å². The maximum Gasteiger partial charge on any atom is 0.251 e. The van der Waals surface area contributed by atoms with E-state index in [2.05, 4.69) is 6.58 Å².